The van der Waals surface area contributed by atoms with Gasteiger partial charge in [0, 0.05) is 6.04 Å². The topological polar surface area (TPSA) is 26.0 Å². The molecule has 0 saturated heterocycles. The van der Waals surface area contributed by atoms with E-state index in [1.165, 1.54) is 5.57 Å². The summed E-state index contributed by atoms with van der Waals surface area (Å²) < 4.78 is 0. The fourth-order valence-electron chi connectivity index (χ4n) is 1.42. The highest BCUT2D eigenvalue weighted by atomic mass is 14.6. The quantitative estimate of drug-likeness (QED) is 0.530. The normalized spacial score (nSPS) is 14.5. The Balaban J connectivity index is 4.20. The van der Waals surface area contributed by atoms with Crippen molar-refractivity contribution in [3.63, 3.8) is 0 Å². The smallest absolute Gasteiger partial charge is 0.0288 e. The van der Waals surface area contributed by atoms with Crippen LogP contribution in [0.3, 0.4) is 0 Å². The highest BCUT2D eigenvalue weighted by molar-refractivity contribution is 5.26. The van der Waals surface area contributed by atoms with Crippen molar-refractivity contribution in [2.45, 2.75) is 40.2 Å². The van der Waals surface area contributed by atoms with Crippen LogP contribution in [0.1, 0.15) is 34.1 Å². The Kier molecular flexibility index (Phi) is 6.75. The molecule has 0 aromatic carbocycles. The molecule has 1 nitrogen and oxygen atoms in total. The monoisotopic (exact) mass is 219 g/mol. The van der Waals surface area contributed by atoms with Gasteiger partial charge in [-0.1, -0.05) is 62.0 Å². The zero-order valence-corrected chi connectivity index (χ0v) is 11.1. The third-order valence-electron chi connectivity index (χ3n) is 2.46. The van der Waals surface area contributed by atoms with Crippen molar-refractivity contribution in [1.82, 2.24) is 0 Å². The molecule has 0 aromatic heterocycles. The second kappa shape index (κ2) is 7.24. The van der Waals surface area contributed by atoms with Gasteiger partial charge in [0.15, 0.2) is 0 Å². The van der Waals surface area contributed by atoms with Gasteiger partial charge in [0.05, 0.1) is 0 Å². The number of nitrogens with two attached hydrogens (primary N) is 1. The van der Waals surface area contributed by atoms with Crippen molar-refractivity contribution < 1.29 is 0 Å². The van der Waals surface area contributed by atoms with Crippen LogP contribution in [0.2, 0.25) is 0 Å². The summed E-state index contributed by atoms with van der Waals surface area (Å²) in [7, 11) is 0. The fraction of sp³-hybridized carbons (Fsp3) is 0.467. The van der Waals surface area contributed by atoms with Crippen LogP contribution in [0.25, 0.3) is 0 Å². The molecule has 0 amide bonds. The summed E-state index contributed by atoms with van der Waals surface area (Å²) in [5.74, 6) is 0.454. The van der Waals surface area contributed by atoms with Gasteiger partial charge < -0.3 is 5.73 Å². The summed E-state index contributed by atoms with van der Waals surface area (Å²) in [6.07, 6.45) is 7.09. The standard InChI is InChI=1S/C15H25N/c1-11(2)10-13(5)8-7-9-15(16)14(6)12(3)4/h7-8,10,12,15H,1,6,9,16H2,2-5H3/b8-7-,13-10-. The van der Waals surface area contributed by atoms with Crippen LogP contribution in [0, 0.1) is 5.92 Å². The molecular weight excluding hydrogens is 194 g/mol. The van der Waals surface area contributed by atoms with E-state index in [2.05, 4.69) is 52.2 Å². The van der Waals surface area contributed by atoms with E-state index < -0.39 is 0 Å². The molecule has 0 radical (unpaired) electrons. The second-order valence-electron chi connectivity index (χ2n) is 4.71. The number of hydrogen-bond donors (Lipinski definition) is 1. The van der Waals surface area contributed by atoms with Crippen LogP contribution in [0.5, 0.6) is 0 Å². The van der Waals surface area contributed by atoms with Crippen molar-refractivity contribution in [3.8, 4) is 0 Å². The molecule has 0 aromatic rings. The predicted octanol–water partition coefficient (Wildman–Crippen LogP) is 3.99. The summed E-state index contributed by atoms with van der Waals surface area (Å²) in [6, 6.07) is 0.0638. The molecule has 0 heterocycles. The van der Waals surface area contributed by atoms with Crippen molar-refractivity contribution in [2.75, 3.05) is 0 Å². The Morgan fingerprint density at radius 2 is 1.81 bits per heavy atom. The van der Waals surface area contributed by atoms with E-state index >= 15 is 0 Å². The van der Waals surface area contributed by atoms with E-state index in [9.17, 15) is 0 Å². The molecule has 16 heavy (non-hydrogen) atoms. The molecule has 90 valence electrons. The van der Waals surface area contributed by atoms with Crippen LogP contribution in [0.15, 0.2) is 48.1 Å². The van der Waals surface area contributed by atoms with Crippen molar-refractivity contribution in [1.29, 1.82) is 0 Å². The van der Waals surface area contributed by atoms with Crippen LogP contribution in [0.4, 0.5) is 0 Å². The fourth-order valence-corrected chi connectivity index (χ4v) is 1.42. The summed E-state index contributed by atoms with van der Waals surface area (Å²) in [6.45, 7) is 16.2. The maximum atomic E-state index is 6.02. The molecule has 0 aliphatic heterocycles. The average molecular weight is 219 g/mol. The van der Waals surface area contributed by atoms with Gasteiger partial charge in [-0.15, -0.1) is 0 Å². The lowest BCUT2D eigenvalue weighted by atomic mass is 9.96. The molecular formula is C15H25N. The van der Waals surface area contributed by atoms with Gasteiger partial charge in [-0.2, -0.15) is 0 Å². The van der Waals surface area contributed by atoms with Gasteiger partial charge in [-0.25, -0.2) is 0 Å². The highest BCUT2D eigenvalue weighted by Gasteiger charge is 2.08. The van der Waals surface area contributed by atoms with E-state index in [0.717, 1.165) is 17.6 Å². The highest BCUT2D eigenvalue weighted by Crippen LogP contribution is 2.13. The van der Waals surface area contributed by atoms with Gasteiger partial charge in [0.1, 0.15) is 0 Å². The summed E-state index contributed by atoms with van der Waals surface area (Å²) in [4.78, 5) is 0. The molecule has 0 spiro atoms. The van der Waals surface area contributed by atoms with E-state index in [-0.39, 0.29) is 6.04 Å². The Bertz CT molecular complexity index is 305. The Labute approximate surface area is 100 Å². The maximum Gasteiger partial charge on any atom is 0.0288 e. The number of allylic oxidation sites excluding steroid dienone is 4. The summed E-state index contributed by atoms with van der Waals surface area (Å²) in [5, 5.41) is 0. The van der Waals surface area contributed by atoms with Crippen LogP contribution in [-0.2, 0) is 0 Å². The first kappa shape index (κ1) is 14.9. The second-order valence-corrected chi connectivity index (χ2v) is 4.71. The van der Waals surface area contributed by atoms with Gasteiger partial charge in [-0.05, 0) is 26.2 Å². The molecule has 0 rings (SSSR count). The van der Waals surface area contributed by atoms with E-state index in [0.29, 0.717) is 5.92 Å². The van der Waals surface area contributed by atoms with Gasteiger partial charge >= 0.3 is 0 Å². The van der Waals surface area contributed by atoms with E-state index in [1.54, 1.807) is 0 Å². The Morgan fingerprint density at radius 1 is 1.25 bits per heavy atom. The molecule has 0 bridgehead atoms. The number of hydrogen-bond acceptors (Lipinski definition) is 1. The lowest BCUT2D eigenvalue weighted by Crippen LogP contribution is -2.23. The predicted molar refractivity (Wildman–Crippen MR) is 74.3 cm³/mol. The lowest BCUT2D eigenvalue weighted by molar-refractivity contribution is 0.650. The van der Waals surface area contributed by atoms with Crippen LogP contribution in [-0.4, -0.2) is 6.04 Å². The first-order chi connectivity index (χ1) is 7.34. The molecule has 2 N–H and O–H groups in total. The minimum Gasteiger partial charge on any atom is -0.324 e. The van der Waals surface area contributed by atoms with Crippen LogP contribution >= 0.6 is 0 Å². The lowest BCUT2D eigenvalue weighted by Gasteiger charge is -2.15. The van der Waals surface area contributed by atoms with E-state index in [4.69, 9.17) is 5.73 Å². The summed E-state index contributed by atoms with van der Waals surface area (Å²) in [5.41, 5.74) is 9.41. The first-order valence-electron chi connectivity index (χ1n) is 5.79. The van der Waals surface area contributed by atoms with E-state index in [1.807, 2.05) is 6.92 Å². The number of rotatable bonds is 6. The van der Waals surface area contributed by atoms with Gasteiger partial charge in [0.2, 0.25) is 0 Å². The van der Waals surface area contributed by atoms with Crippen molar-refractivity contribution >= 4 is 0 Å². The van der Waals surface area contributed by atoms with Crippen LogP contribution < -0.4 is 5.73 Å². The van der Waals surface area contributed by atoms with Gasteiger partial charge in [-0.3, -0.25) is 0 Å². The molecule has 1 unspecified atom stereocenters. The molecule has 1 atom stereocenters. The first-order valence-corrected chi connectivity index (χ1v) is 5.79. The van der Waals surface area contributed by atoms with Gasteiger partial charge in [0.25, 0.3) is 0 Å². The zero-order chi connectivity index (χ0) is 12.7. The Morgan fingerprint density at radius 3 is 2.25 bits per heavy atom. The molecule has 0 saturated carbocycles. The van der Waals surface area contributed by atoms with Crippen molar-refractivity contribution in [2.24, 2.45) is 11.7 Å². The SMILES string of the molecule is C=C(C)/C=C(C)\C=C/CC(N)C(=C)C(C)C. The minimum absolute atomic E-state index is 0.0638. The minimum atomic E-state index is 0.0638. The average Bonchev–Trinajstić information content (AvgIpc) is 2.14. The zero-order valence-electron chi connectivity index (χ0n) is 11.1. The molecule has 0 aliphatic carbocycles. The Hall–Kier alpha value is -1.08. The third-order valence-corrected chi connectivity index (χ3v) is 2.46. The maximum absolute atomic E-state index is 6.02. The molecule has 0 fully saturated rings. The summed E-state index contributed by atoms with van der Waals surface area (Å²) >= 11 is 0. The largest absolute Gasteiger partial charge is 0.324 e. The molecule has 0 aliphatic rings. The molecule has 1 heteroatoms. The third kappa shape index (κ3) is 6.41. The van der Waals surface area contributed by atoms with Crippen molar-refractivity contribution in [3.05, 3.63) is 48.1 Å².